The molecule has 0 saturated heterocycles. The maximum Gasteiger partial charge on any atom is 0.308 e. The molecule has 1 amide bonds. The topological polar surface area (TPSA) is 47.2 Å². The molecule has 0 radical (unpaired) electrons. The number of carbonyl (C=O) groups is 1. The predicted octanol–water partition coefficient (Wildman–Crippen LogP) is 4.07. The number of aromatic nitrogens is 2. The molecule has 0 fully saturated rings. The predicted molar refractivity (Wildman–Crippen MR) is 95.0 cm³/mol. The van der Waals surface area contributed by atoms with E-state index in [1.807, 2.05) is 42.5 Å². The van der Waals surface area contributed by atoms with Crippen molar-refractivity contribution in [1.82, 2.24) is 9.55 Å². The molecule has 0 spiro atoms. The minimum Gasteiger partial charge on any atom is -0.317 e. The largest absolute Gasteiger partial charge is 0.317 e. The van der Waals surface area contributed by atoms with Crippen LogP contribution in [0.2, 0.25) is 0 Å². The van der Waals surface area contributed by atoms with Crippen LogP contribution in [0.3, 0.4) is 0 Å². The van der Waals surface area contributed by atoms with Gasteiger partial charge >= 0.3 is 5.91 Å². The lowest BCUT2D eigenvalue weighted by Crippen LogP contribution is -2.15. The number of para-hydroxylation sites is 2. The fourth-order valence-electron chi connectivity index (χ4n) is 2.51. The second-order valence-electron chi connectivity index (χ2n) is 5.00. The van der Waals surface area contributed by atoms with Gasteiger partial charge in [0.1, 0.15) is 0 Å². The number of rotatable bonds is 2. The fraction of sp³-hybridized carbons (Fsp3) is 0.118. The smallest absolute Gasteiger partial charge is 0.308 e. The minimum atomic E-state index is -0.278. The molecule has 2 heterocycles. The van der Waals surface area contributed by atoms with Gasteiger partial charge in [-0.05, 0) is 31.2 Å². The summed E-state index contributed by atoms with van der Waals surface area (Å²) in [4.78, 5) is 21.9. The van der Waals surface area contributed by atoms with Crippen LogP contribution >= 0.6 is 22.7 Å². The number of aryl methyl sites for hydroxylation is 1. The van der Waals surface area contributed by atoms with Crippen molar-refractivity contribution in [2.45, 2.75) is 13.5 Å². The first-order valence-electron chi connectivity index (χ1n) is 7.29. The highest BCUT2D eigenvalue weighted by molar-refractivity contribution is 7.20. The number of amides is 1. The van der Waals surface area contributed by atoms with Gasteiger partial charge in [0.25, 0.3) is 0 Å². The zero-order valence-corrected chi connectivity index (χ0v) is 14.0. The summed E-state index contributed by atoms with van der Waals surface area (Å²) in [6.45, 7) is 2.83. The molecule has 6 heteroatoms. The second-order valence-corrected chi connectivity index (χ2v) is 7.04. The van der Waals surface area contributed by atoms with Gasteiger partial charge in [-0.15, -0.1) is 11.3 Å². The Kier molecular flexibility index (Phi) is 3.55. The number of hydrogen-bond acceptors (Lipinski definition) is 4. The standard InChI is InChI=1S/C17H13N3OS2/c1-2-20-12-8-4-6-10-14(12)23-17(20)19-15(21)16-18-11-7-3-5-9-13(11)22-16/h3-10H,2H2,1H3. The van der Waals surface area contributed by atoms with Crippen molar-refractivity contribution in [3.8, 4) is 0 Å². The minimum absolute atomic E-state index is 0.278. The molecular formula is C17H13N3OS2. The zero-order chi connectivity index (χ0) is 15.8. The van der Waals surface area contributed by atoms with E-state index in [1.165, 1.54) is 22.7 Å². The molecular weight excluding hydrogens is 326 g/mol. The van der Waals surface area contributed by atoms with Crippen LogP contribution < -0.4 is 4.80 Å². The molecule has 2 aromatic carbocycles. The lowest BCUT2D eigenvalue weighted by molar-refractivity contribution is 0.0997. The molecule has 0 saturated carbocycles. The summed E-state index contributed by atoms with van der Waals surface area (Å²) < 4.78 is 4.20. The van der Waals surface area contributed by atoms with Gasteiger partial charge in [0, 0.05) is 6.54 Å². The molecule has 2 aromatic heterocycles. The molecule has 23 heavy (non-hydrogen) atoms. The first kappa shape index (κ1) is 14.3. The van der Waals surface area contributed by atoms with Crippen LogP contribution in [-0.4, -0.2) is 15.5 Å². The highest BCUT2D eigenvalue weighted by atomic mass is 32.1. The van der Waals surface area contributed by atoms with Crippen molar-refractivity contribution < 1.29 is 4.79 Å². The summed E-state index contributed by atoms with van der Waals surface area (Å²) in [6, 6.07) is 15.8. The van der Waals surface area contributed by atoms with Crippen molar-refractivity contribution >= 4 is 49.0 Å². The van der Waals surface area contributed by atoms with Crippen LogP contribution in [0.1, 0.15) is 16.7 Å². The second kappa shape index (κ2) is 5.72. The lowest BCUT2D eigenvalue weighted by Gasteiger charge is -1.98. The Morgan fingerprint density at radius 1 is 1.09 bits per heavy atom. The molecule has 0 bridgehead atoms. The average Bonchev–Trinajstić information content (AvgIpc) is 3.15. The number of fused-ring (bicyclic) bond motifs is 2. The third-order valence-electron chi connectivity index (χ3n) is 3.58. The fourth-order valence-corrected chi connectivity index (χ4v) is 4.45. The number of carbonyl (C=O) groups excluding carboxylic acids is 1. The molecule has 0 aliphatic rings. The lowest BCUT2D eigenvalue weighted by atomic mass is 10.3. The van der Waals surface area contributed by atoms with Crippen LogP contribution in [0, 0.1) is 0 Å². The van der Waals surface area contributed by atoms with Gasteiger partial charge < -0.3 is 4.57 Å². The van der Waals surface area contributed by atoms with Gasteiger partial charge in [0.15, 0.2) is 9.81 Å². The van der Waals surface area contributed by atoms with Gasteiger partial charge in [-0.1, -0.05) is 35.6 Å². The van der Waals surface area contributed by atoms with E-state index in [0.717, 1.165) is 31.8 Å². The number of thiazole rings is 2. The number of hydrogen-bond donors (Lipinski definition) is 0. The summed E-state index contributed by atoms with van der Waals surface area (Å²) in [5, 5.41) is 0.436. The van der Waals surface area contributed by atoms with Gasteiger partial charge in [-0.25, -0.2) is 4.98 Å². The van der Waals surface area contributed by atoms with E-state index in [9.17, 15) is 4.79 Å². The molecule has 0 atom stereocenters. The Morgan fingerprint density at radius 2 is 1.83 bits per heavy atom. The number of nitrogens with zero attached hydrogens (tertiary/aromatic N) is 3. The maximum absolute atomic E-state index is 12.5. The first-order valence-corrected chi connectivity index (χ1v) is 8.92. The Balaban J connectivity index is 1.84. The normalized spacial score (nSPS) is 12.3. The van der Waals surface area contributed by atoms with Crippen molar-refractivity contribution in [2.24, 2.45) is 4.99 Å². The SMILES string of the molecule is CCn1c(=NC(=O)c2nc3ccccc3s2)sc2ccccc21. The monoisotopic (exact) mass is 339 g/mol. The molecule has 0 aliphatic carbocycles. The molecule has 4 rings (SSSR count). The summed E-state index contributed by atoms with van der Waals surface area (Å²) in [7, 11) is 0. The van der Waals surface area contributed by atoms with E-state index in [1.54, 1.807) is 0 Å². The third-order valence-corrected chi connectivity index (χ3v) is 5.66. The van der Waals surface area contributed by atoms with Gasteiger partial charge in [0.2, 0.25) is 0 Å². The summed E-state index contributed by atoms with van der Waals surface area (Å²) in [6.07, 6.45) is 0. The Bertz CT molecular complexity index is 1050. The maximum atomic E-state index is 12.5. The van der Waals surface area contributed by atoms with Gasteiger partial charge in [-0.3, -0.25) is 4.79 Å². The first-order chi connectivity index (χ1) is 11.3. The Hall–Kier alpha value is -2.31. The van der Waals surface area contributed by atoms with Gasteiger partial charge in [-0.2, -0.15) is 4.99 Å². The molecule has 0 unspecified atom stereocenters. The highest BCUT2D eigenvalue weighted by Gasteiger charge is 2.12. The van der Waals surface area contributed by atoms with Crippen LogP contribution in [0.5, 0.6) is 0 Å². The van der Waals surface area contributed by atoms with Crippen LogP contribution in [-0.2, 0) is 6.54 Å². The van der Waals surface area contributed by atoms with Crippen LogP contribution in [0.4, 0.5) is 0 Å². The Labute approximate surface area is 140 Å². The van der Waals surface area contributed by atoms with E-state index >= 15 is 0 Å². The van der Waals surface area contributed by atoms with E-state index in [2.05, 4.69) is 27.5 Å². The summed E-state index contributed by atoms with van der Waals surface area (Å²) in [5.41, 5.74) is 1.95. The van der Waals surface area contributed by atoms with Crippen LogP contribution in [0.15, 0.2) is 53.5 Å². The molecule has 4 nitrogen and oxygen atoms in total. The van der Waals surface area contributed by atoms with Crippen molar-refractivity contribution in [1.29, 1.82) is 0 Å². The van der Waals surface area contributed by atoms with Crippen molar-refractivity contribution in [3.63, 3.8) is 0 Å². The van der Waals surface area contributed by atoms with Crippen molar-refractivity contribution in [2.75, 3.05) is 0 Å². The van der Waals surface area contributed by atoms with Gasteiger partial charge in [0.05, 0.1) is 20.4 Å². The quantitative estimate of drug-likeness (QED) is 0.552. The van der Waals surface area contributed by atoms with E-state index < -0.39 is 0 Å². The molecule has 0 aliphatic heterocycles. The Morgan fingerprint density at radius 3 is 2.61 bits per heavy atom. The molecule has 0 N–H and O–H groups in total. The van der Waals surface area contributed by atoms with Crippen LogP contribution in [0.25, 0.3) is 20.4 Å². The average molecular weight is 339 g/mol. The van der Waals surface area contributed by atoms with E-state index in [-0.39, 0.29) is 5.91 Å². The molecule has 4 aromatic rings. The highest BCUT2D eigenvalue weighted by Crippen LogP contribution is 2.22. The zero-order valence-electron chi connectivity index (χ0n) is 12.4. The van der Waals surface area contributed by atoms with E-state index in [4.69, 9.17) is 0 Å². The summed E-state index contributed by atoms with van der Waals surface area (Å²) >= 11 is 2.92. The van der Waals surface area contributed by atoms with Crippen molar-refractivity contribution in [3.05, 3.63) is 58.3 Å². The summed E-state index contributed by atoms with van der Waals surface area (Å²) in [5.74, 6) is -0.278. The molecule has 114 valence electrons. The number of benzene rings is 2. The third kappa shape index (κ3) is 2.50. The van der Waals surface area contributed by atoms with E-state index in [0.29, 0.717) is 5.01 Å².